The van der Waals surface area contributed by atoms with Crippen LogP contribution in [0.2, 0.25) is 0 Å². The fourth-order valence-electron chi connectivity index (χ4n) is 2.83. The van der Waals surface area contributed by atoms with Crippen molar-refractivity contribution in [3.05, 3.63) is 54.2 Å². The number of imidazole rings is 1. The smallest absolute Gasteiger partial charge is 0.358 e. The summed E-state index contributed by atoms with van der Waals surface area (Å²) in [6, 6.07) is 9.99. The average molecular weight is 294 g/mol. The van der Waals surface area contributed by atoms with Gasteiger partial charge in [-0.15, -0.1) is 0 Å². The third-order valence-corrected chi connectivity index (χ3v) is 3.79. The van der Waals surface area contributed by atoms with Gasteiger partial charge in [-0.2, -0.15) is 5.10 Å². The van der Waals surface area contributed by atoms with Gasteiger partial charge in [0.25, 0.3) is 0 Å². The van der Waals surface area contributed by atoms with Crippen LogP contribution in [0.25, 0.3) is 16.9 Å². The number of benzene rings is 1. The Hall–Kier alpha value is -2.89. The molecule has 110 valence electrons. The van der Waals surface area contributed by atoms with E-state index in [1.807, 2.05) is 39.6 Å². The zero-order chi connectivity index (χ0) is 15.1. The van der Waals surface area contributed by atoms with Crippen LogP contribution in [0.15, 0.2) is 42.9 Å². The summed E-state index contributed by atoms with van der Waals surface area (Å²) in [5.41, 5.74) is 4.20. The van der Waals surface area contributed by atoms with Crippen LogP contribution in [0.1, 0.15) is 23.1 Å². The van der Waals surface area contributed by atoms with Crippen molar-refractivity contribution in [2.75, 3.05) is 6.61 Å². The Balaban J connectivity index is 1.96. The SMILES string of the molecule is CCOC(=O)c1ncn2c1Cn1nccc1-c1ccccc1-2. The number of hydrogen-bond acceptors (Lipinski definition) is 4. The first kappa shape index (κ1) is 12.8. The number of carbonyl (C=O) groups is 1. The van der Waals surface area contributed by atoms with Gasteiger partial charge in [0.05, 0.1) is 30.2 Å². The summed E-state index contributed by atoms with van der Waals surface area (Å²) in [5, 5.41) is 4.36. The molecule has 22 heavy (non-hydrogen) atoms. The number of rotatable bonds is 2. The quantitative estimate of drug-likeness (QED) is 0.532. The molecular weight excluding hydrogens is 280 g/mol. The van der Waals surface area contributed by atoms with Gasteiger partial charge in [0.1, 0.15) is 6.33 Å². The standard InChI is InChI=1S/C16H14N4O2/c1-2-22-16(21)15-14-9-20-13(7-8-18-20)11-5-3-4-6-12(11)19(14)10-17-15/h3-8,10H,2,9H2,1H3. The van der Waals surface area contributed by atoms with Crippen LogP contribution in [0.4, 0.5) is 0 Å². The van der Waals surface area contributed by atoms with E-state index in [-0.39, 0.29) is 0 Å². The van der Waals surface area contributed by atoms with Crippen LogP contribution in [0, 0.1) is 0 Å². The third kappa shape index (κ3) is 1.77. The van der Waals surface area contributed by atoms with E-state index in [1.54, 1.807) is 19.4 Å². The molecule has 1 aliphatic rings. The zero-order valence-electron chi connectivity index (χ0n) is 12.1. The van der Waals surface area contributed by atoms with Gasteiger partial charge in [0, 0.05) is 11.8 Å². The Bertz CT molecular complexity index is 863. The fourth-order valence-corrected chi connectivity index (χ4v) is 2.83. The number of para-hydroxylation sites is 1. The van der Waals surface area contributed by atoms with E-state index in [9.17, 15) is 4.79 Å². The molecule has 2 aromatic heterocycles. The first-order valence-corrected chi connectivity index (χ1v) is 7.14. The van der Waals surface area contributed by atoms with Gasteiger partial charge >= 0.3 is 5.97 Å². The molecule has 6 heteroatoms. The maximum absolute atomic E-state index is 12.1. The van der Waals surface area contributed by atoms with Crippen LogP contribution < -0.4 is 0 Å². The number of aromatic nitrogens is 4. The molecule has 0 bridgehead atoms. The van der Waals surface area contributed by atoms with Gasteiger partial charge in [0.2, 0.25) is 0 Å². The number of carbonyl (C=O) groups excluding carboxylic acids is 1. The highest BCUT2D eigenvalue weighted by molar-refractivity contribution is 5.89. The fraction of sp³-hybridized carbons (Fsp3) is 0.188. The topological polar surface area (TPSA) is 61.9 Å². The number of fused-ring (bicyclic) bond motifs is 5. The third-order valence-electron chi connectivity index (χ3n) is 3.79. The van der Waals surface area contributed by atoms with Crippen molar-refractivity contribution in [3.63, 3.8) is 0 Å². The number of esters is 1. The first-order valence-electron chi connectivity index (χ1n) is 7.14. The van der Waals surface area contributed by atoms with Gasteiger partial charge in [-0.05, 0) is 19.1 Å². The second-order valence-corrected chi connectivity index (χ2v) is 5.02. The van der Waals surface area contributed by atoms with E-state index in [1.165, 1.54) is 0 Å². The lowest BCUT2D eigenvalue weighted by Crippen LogP contribution is -2.12. The highest BCUT2D eigenvalue weighted by atomic mass is 16.5. The molecule has 6 nitrogen and oxygen atoms in total. The van der Waals surface area contributed by atoms with Crippen molar-refractivity contribution in [3.8, 4) is 16.9 Å². The van der Waals surface area contributed by atoms with Gasteiger partial charge in [-0.1, -0.05) is 18.2 Å². The normalized spacial score (nSPS) is 12.0. The molecule has 1 aliphatic heterocycles. The van der Waals surface area contributed by atoms with Crippen LogP contribution in [-0.4, -0.2) is 31.9 Å². The molecule has 0 spiro atoms. The predicted octanol–water partition coefficient (Wildman–Crippen LogP) is 2.27. The molecule has 0 radical (unpaired) electrons. The molecule has 0 N–H and O–H groups in total. The van der Waals surface area contributed by atoms with E-state index >= 15 is 0 Å². The number of hydrogen-bond donors (Lipinski definition) is 0. The molecule has 0 saturated carbocycles. The van der Waals surface area contributed by atoms with Gasteiger partial charge in [-0.3, -0.25) is 9.25 Å². The minimum absolute atomic E-state index is 0.328. The lowest BCUT2D eigenvalue weighted by Gasteiger charge is -2.08. The highest BCUT2D eigenvalue weighted by Gasteiger charge is 2.25. The maximum atomic E-state index is 12.1. The second-order valence-electron chi connectivity index (χ2n) is 5.02. The highest BCUT2D eigenvalue weighted by Crippen LogP contribution is 2.32. The van der Waals surface area contributed by atoms with Gasteiger partial charge in [-0.25, -0.2) is 9.78 Å². The molecule has 1 aromatic carbocycles. The Kier molecular flexibility index (Phi) is 2.82. The average Bonchev–Trinajstić information content (AvgIpc) is 3.13. The molecule has 4 rings (SSSR count). The lowest BCUT2D eigenvalue weighted by molar-refractivity contribution is 0.0518. The van der Waals surface area contributed by atoms with Gasteiger partial charge in [0.15, 0.2) is 5.69 Å². The van der Waals surface area contributed by atoms with E-state index < -0.39 is 5.97 Å². The maximum Gasteiger partial charge on any atom is 0.358 e. The van der Waals surface area contributed by atoms with Crippen molar-refractivity contribution in [1.82, 2.24) is 19.3 Å². The van der Waals surface area contributed by atoms with Crippen molar-refractivity contribution in [2.45, 2.75) is 13.5 Å². The summed E-state index contributed by atoms with van der Waals surface area (Å²) in [5.74, 6) is -0.399. The largest absolute Gasteiger partial charge is 0.461 e. The molecule has 0 saturated heterocycles. The summed E-state index contributed by atoms with van der Waals surface area (Å²) < 4.78 is 8.92. The molecule has 3 heterocycles. The molecule has 0 unspecified atom stereocenters. The Morgan fingerprint density at radius 2 is 2.18 bits per heavy atom. The van der Waals surface area contributed by atoms with Crippen LogP contribution in [-0.2, 0) is 11.3 Å². The summed E-state index contributed by atoms with van der Waals surface area (Å²) in [6.45, 7) is 2.59. The van der Waals surface area contributed by atoms with Crippen LogP contribution in [0.3, 0.4) is 0 Å². The molecule has 0 fully saturated rings. The molecule has 3 aromatic rings. The van der Waals surface area contributed by atoms with Crippen LogP contribution in [0.5, 0.6) is 0 Å². The lowest BCUT2D eigenvalue weighted by atomic mass is 10.1. The second kappa shape index (κ2) is 4.84. The zero-order valence-corrected chi connectivity index (χ0v) is 12.1. The van der Waals surface area contributed by atoms with Crippen molar-refractivity contribution < 1.29 is 9.53 Å². The summed E-state index contributed by atoms with van der Waals surface area (Å²) >= 11 is 0. The van der Waals surface area contributed by atoms with Crippen molar-refractivity contribution >= 4 is 5.97 Å². The van der Waals surface area contributed by atoms with Crippen molar-refractivity contribution in [2.24, 2.45) is 0 Å². The Morgan fingerprint density at radius 1 is 1.32 bits per heavy atom. The van der Waals surface area contributed by atoms with E-state index in [2.05, 4.69) is 10.1 Å². The summed E-state index contributed by atoms with van der Waals surface area (Å²) in [7, 11) is 0. The molecular formula is C16H14N4O2. The van der Waals surface area contributed by atoms with Gasteiger partial charge < -0.3 is 4.74 Å². The van der Waals surface area contributed by atoms with Crippen LogP contribution >= 0.6 is 0 Å². The van der Waals surface area contributed by atoms with E-state index in [0.29, 0.717) is 18.8 Å². The minimum atomic E-state index is -0.399. The van der Waals surface area contributed by atoms with E-state index in [4.69, 9.17) is 4.74 Å². The molecule has 0 amide bonds. The number of nitrogens with zero attached hydrogens (tertiary/aromatic N) is 4. The Labute approximate surface area is 127 Å². The summed E-state index contributed by atoms with van der Waals surface area (Å²) in [6.07, 6.45) is 3.44. The minimum Gasteiger partial charge on any atom is -0.461 e. The summed E-state index contributed by atoms with van der Waals surface area (Å²) in [4.78, 5) is 16.4. The van der Waals surface area contributed by atoms with E-state index in [0.717, 1.165) is 22.6 Å². The molecule has 0 atom stereocenters. The van der Waals surface area contributed by atoms with Crippen molar-refractivity contribution in [1.29, 1.82) is 0 Å². The number of ether oxygens (including phenoxy) is 1. The monoisotopic (exact) mass is 294 g/mol. The predicted molar refractivity (Wildman–Crippen MR) is 79.8 cm³/mol. The Morgan fingerprint density at radius 3 is 3.05 bits per heavy atom. The first-order chi connectivity index (χ1) is 10.8. The molecule has 0 aliphatic carbocycles.